The van der Waals surface area contributed by atoms with Gasteiger partial charge in [0.1, 0.15) is 18.0 Å². The molecule has 0 spiro atoms. The average molecular weight is 401 g/mol. The van der Waals surface area contributed by atoms with E-state index in [-0.39, 0.29) is 12.7 Å². The van der Waals surface area contributed by atoms with Gasteiger partial charge in [-0.05, 0) is 23.3 Å². The minimum Gasteiger partial charge on any atom is -0.497 e. The summed E-state index contributed by atoms with van der Waals surface area (Å²) in [7, 11) is 1.63. The van der Waals surface area contributed by atoms with Crippen molar-refractivity contribution >= 4 is 5.97 Å². The van der Waals surface area contributed by atoms with E-state index in [1.807, 2.05) is 54.6 Å². The Morgan fingerprint density at radius 1 is 1.10 bits per heavy atom. The molecule has 0 aromatic heterocycles. The van der Waals surface area contributed by atoms with Gasteiger partial charge in [-0.25, -0.2) is 0 Å². The first-order valence-electron chi connectivity index (χ1n) is 10.2. The van der Waals surface area contributed by atoms with Crippen LogP contribution >= 0.6 is 0 Å². The highest BCUT2D eigenvalue weighted by molar-refractivity contribution is 5.66. The third kappa shape index (κ3) is 6.85. The van der Waals surface area contributed by atoms with Gasteiger partial charge in [-0.3, -0.25) is 4.79 Å². The second-order valence-corrected chi connectivity index (χ2v) is 6.89. The van der Waals surface area contributed by atoms with Crippen LogP contribution in [-0.2, 0) is 37.0 Å². The third-order valence-electron chi connectivity index (χ3n) is 4.62. The number of benzene rings is 2. The van der Waals surface area contributed by atoms with Crippen LogP contribution in [0.4, 0.5) is 0 Å². The second kappa shape index (κ2) is 11.0. The SMILES string of the molecule is [2H][C@@H]1O[C@H](COCc2ccc(OC)cc2)[C@@H](OCc2ccccc2)C[C@H]1OC(C)=O. The molecule has 1 aliphatic heterocycles. The van der Waals surface area contributed by atoms with Gasteiger partial charge in [-0.15, -0.1) is 0 Å². The van der Waals surface area contributed by atoms with E-state index in [2.05, 4.69) is 0 Å². The van der Waals surface area contributed by atoms with E-state index in [9.17, 15) is 4.79 Å². The lowest BCUT2D eigenvalue weighted by molar-refractivity contribution is -0.186. The van der Waals surface area contributed by atoms with Crippen LogP contribution in [0.15, 0.2) is 54.6 Å². The molecule has 2 aromatic rings. The predicted octanol–water partition coefficient (Wildman–Crippen LogP) is 3.52. The zero-order chi connectivity index (χ0) is 21.3. The molecule has 6 nitrogen and oxygen atoms in total. The molecule has 0 bridgehead atoms. The van der Waals surface area contributed by atoms with E-state index in [0.717, 1.165) is 16.9 Å². The molecule has 1 heterocycles. The van der Waals surface area contributed by atoms with E-state index >= 15 is 0 Å². The van der Waals surface area contributed by atoms with E-state index in [4.69, 9.17) is 25.1 Å². The monoisotopic (exact) mass is 401 g/mol. The molecule has 6 heteroatoms. The van der Waals surface area contributed by atoms with Crippen LogP contribution in [0.1, 0.15) is 25.8 Å². The Bertz CT molecular complexity index is 782. The van der Waals surface area contributed by atoms with Gasteiger partial charge < -0.3 is 23.7 Å². The number of esters is 1. The van der Waals surface area contributed by atoms with Crippen LogP contribution in [-0.4, -0.2) is 44.6 Å². The van der Waals surface area contributed by atoms with Gasteiger partial charge in [0, 0.05) is 13.3 Å². The van der Waals surface area contributed by atoms with Crippen molar-refractivity contribution in [3.63, 3.8) is 0 Å². The summed E-state index contributed by atoms with van der Waals surface area (Å²) in [6.07, 6.45) is -1.06. The number of rotatable bonds is 9. The highest BCUT2D eigenvalue weighted by atomic mass is 16.6. The van der Waals surface area contributed by atoms with Crippen molar-refractivity contribution in [2.24, 2.45) is 0 Å². The van der Waals surface area contributed by atoms with Crippen LogP contribution < -0.4 is 4.74 Å². The summed E-state index contributed by atoms with van der Waals surface area (Å²) in [5.74, 6) is 0.356. The lowest BCUT2D eigenvalue weighted by Gasteiger charge is -2.35. The van der Waals surface area contributed by atoms with E-state index in [0.29, 0.717) is 19.6 Å². The number of methoxy groups -OCH3 is 1. The summed E-state index contributed by atoms with van der Waals surface area (Å²) in [6.45, 7) is 1.44. The Labute approximate surface area is 173 Å². The minimum absolute atomic E-state index is 0.271. The zero-order valence-corrected chi connectivity index (χ0v) is 16.8. The Kier molecular flexibility index (Phi) is 7.51. The topological polar surface area (TPSA) is 63.2 Å². The van der Waals surface area contributed by atoms with Gasteiger partial charge in [0.15, 0.2) is 0 Å². The number of ether oxygens (including phenoxy) is 5. The molecule has 1 fully saturated rings. The van der Waals surface area contributed by atoms with Gasteiger partial charge in [0.25, 0.3) is 0 Å². The highest BCUT2D eigenvalue weighted by Crippen LogP contribution is 2.22. The summed E-state index contributed by atoms with van der Waals surface area (Å²) >= 11 is 0. The van der Waals surface area contributed by atoms with E-state index in [1.165, 1.54) is 6.92 Å². The fourth-order valence-corrected chi connectivity index (χ4v) is 3.12. The maximum atomic E-state index is 11.4. The maximum Gasteiger partial charge on any atom is 0.302 e. The quantitative estimate of drug-likeness (QED) is 0.599. The van der Waals surface area contributed by atoms with Gasteiger partial charge in [-0.1, -0.05) is 42.5 Å². The van der Waals surface area contributed by atoms with Crippen molar-refractivity contribution in [1.82, 2.24) is 0 Å². The molecule has 4 atom stereocenters. The Hall–Kier alpha value is -2.41. The Balaban J connectivity index is 1.58. The van der Waals surface area contributed by atoms with Crippen LogP contribution in [0, 0.1) is 0 Å². The highest BCUT2D eigenvalue weighted by Gasteiger charge is 2.34. The summed E-state index contributed by atoms with van der Waals surface area (Å²) in [4.78, 5) is 11.4. The molecule has 1 saturated heterocycles. The normalized spacial score (nSPS) is 24.6. The van der Waals surface area contributed by atoms with Crippen molar-refractivity contribution in [3.05, 3.63) is 65.7 Å². The molecule has 156 valence electrons. The number of hydrogen-bond donors (Lipinski definition) is 0. The minimum atomic E-state index is -0.972. The summed E-state index contributed by atoms with van der Waals surface area (Å²) in [5.41, 5.74) is 2.04. The maximum absolute atomic E-state index is 11.4. The summed E-state index contributed by atoms with van der Waals surface area (Å²) in [6, 6.07) is 17.5. The van der Waals surface area contributed by atoms with Crippen molar-refractivity contribution in [2.45, 2.75) is 44.9 Å². The molecule has 0 amide bonds. The number of carbonyl (C=O) groups excluding carboxylic acids is 1. The summed E-state index contributed by atoms with van der Waals surface area (Å²) in [5, 5.41) is 0. The van der Waals surface area contributed by atoms with Crippen molar-refractivity contribution in [1.29, 1.82) is 0 Å². The predicted molar refractivity (Wildman–Crippen MR) is 108 cm³/mol. The molecule has 0 unspecified atom stereocenters. The molecular weight excluding hydrogens is 372 g/mol. The second-order valence-electron chi connectivity index (χ2n) is 6.89. The molecule has 0 aliphatic carbocycles. The standard InChI is InChI=1S/C23H28O6/c1-17(24)29-21-12-22(27-14-18-6-4-3-5-7-18)23(28-15-21)16-26-13-19-8-10-20(25-2)11-9-19/h3-11,21-23H,12-16H2,1-2H3/t21-,22+,23-/m1/s1/i15D/t15-,21+,22-,23+/m0. The molecule has 2 aromatic carbocycles. The fraction of sp³-hybridized carbons (Fsp3) is 0.435. The Morgan fingerprint density at radius 3 is 2.52 bits per heavy atom. The smallest absolute Gasteiger partial charge is 0.302 e. The average Bonchev–Trinajstić information content (AvgIpc) is 2.75. The first-order valence-corrected chi connectivity index (χ1v) is 9.66. The number of carbonyl (C=O) groups is 1. The number of hydrogen-bond acceptors (Lipinski definition) is 6. The van der Waals surface area contributed by atoms with E-state index in [1.54, 1.807) is 7.11 Å². The van der Waals surface area contributed by atoms with Crippen molar-refractivity contribution < 1.29 is 29.8 Å². The van der Waals surface area contributed by atoms with E-state index < -0.39 is 24.8 Å². The lowest BCUT2D eigenvalue weighted by atomic mass is 10.0. The van der Waals surface area contributed by atoms with Gasteiger partial charge in [0.05, 0.1) is 41.0 Å². The van der Waals surface area contributed by atoms with Gasteiger partial charge in [-0.2, -0.15) is 0 Å². The van der Waals surface area contributed by atoms with Crippen LogP contribution in [0.5, 0.6) is 5.75 Å². The Morgan fingerprint density at radius 2 is 1.83 bits per heavy atom. The molecular formula is C23H28O6. The third-order valence-corrected chi connectivity index (χ3v) is 4.62. The lowest BCUT2D eigenvalue weighted by Crippen LogP contribution is -2.46. The van der Waals surface area contributed by atoms with Crippen molar-refractivity contribution in [2.75, 3.05) is 20.3 Å². The fourth-order valence-electron chi connectivity index (χ4n) is 3.12. The van der Waals surface area contributed by atoms with Crippen LogP contribution in [0.3, 0.4) is 0 Å². The van der Waals surface area contributed by atoms with Gasteiger partial charge in [0.2, 0.25) is 0 Å². The molecule has 29 heavy (non-hydrogen) atoms. The largest absolute Gasteiger partial charge is 0.497 e. The molecule has 0 N–H and O–H groups in total. The molecule has 0 saturated carbocycles. The van der Waals surface area contributed by atoms with Crippen LogP contribution in [0.25, 0.3) is 0 Å². The van der Waals surface area contributed by atoms with Gasteiger partial charge >= 0.3 is 5.97 Å². The molecule has 3 rings (SSSR count). The summed E-state index contributed by atoms with van der Waals surface area (Å²) < 4.78 is 36.3. The van der Waals surface area contributed by atoms with Crippen LogP contribution in [0.2, 0.25) is 0 Å². The first kappa shape index (κ1) is 19.9. The van der Waals surface area contributed by atoms with Crippen molar-refractivity contribution in [3.8, 4) is 5.75 Å². The zero-order valence-electron chi connectivity index (χ0n) is 17.8. The first-order chi connectivity index (χ1) is 14.5. The molecule has 1 aliphatic rings. The molecule has 0 radical (unpaired) electrons.